The second kappa shape index (κ2) is 11.8. The van der Waals surface area contributed by atoms with Gasteiger partial charge in [-0.2, -0.15) is 4.98 Å². The zero-order chi connectivity index (χ0) is 30.9. The van der Waals surface area contributed by atoms with Gasteiger partial charge in [-0.3, -0.25) is 19.4 Å². The standard InChI is InChI=1S/C31H40N8O4/c1-30(2)15-21(16-31(3,4)38(30)5)34-27-24(26(32)41)25(19-10-8-7-9-11-19)36-29(37-27)35-20-14-22-28(33-17-20)39(12-13-42-6)23(40)18-43-22/h7-11,14,17,21H,12-13,15-16,18H2,1-6H3,(H2,32,41)(H2,34,35,36,37). The minimum atomic E-state index is -0.621. The molecule has 4 heterocycles. The molecule has 0 atom stereocenters. The van der Waals surface area contributed by atoms with E-state index in [1.54, 1.807) is 24.3 Å². The summed E-state index contributed by atoms with van der Waals surface area (Å²) in [7, 11) is 3.73. The molecule has 0 aliphatic carbocycles. The molecule has 2 amide bonds. The molecular formula is C31H40N8O4. The Bertz CT molecular complexity index is 1490. The number of carbonyl (C=O) groups is 2. The SMILES string of the molecule is COCCN1C(=O)COc2cc(Nc3nc(NC4CC(C)(C)N(C)C(C)(C)C4)c(C(N)=O)c(-c4ccccc4)n3)cnc21. The van der Waals surface area contributed by atoms with E-state index in [2.05, 4.69) is 55.3 Å². The smallest absolute Gasteiger partial charge is 0.266 e. The second-order valence-corrected chi connectivity index (χ2v) is 12.3. The molecule has 0 unspecified atom stereocenters. The summed E-state index contributed by atoms with van der Waals surface area (Å²) in [5.41, 5.74) is 7.72. The summed E-state index contributed by atoms with van der Waals surface area (Å²) in [4.78, 5) is 43.3. The summed E-state index contributed by atoms with van der Waals surface area (Å²) < 4.78 is 10.8. The van der Waals surface area contributed by atoms with Gasteiger partial charge in [-0.25, -0.2) is 9.97 Å². The lowest BCUT2D eigenvalue weighted by Crippen LogP contribution is -2.61. The van der Waals surface area contributed by atoms with Crippen molar-refractivity contribution < 1.29 is 19.1 Å². The zero-order valence-corrected chi connectivity index (χ0v) is 25.6. The third-order valence-corrected chi connectivity index (χ3v) is 8.37. The predicted molar refractivity (Wildman–Crippen MR) is 166 cm³/mol. The Kier molecular flexibility index (Phi) is 8.26. The van der Waals surface area contributed by atoms with Crippen molar-refractivity contribution in [1.82, 2.24) is 19.9 Å². The molecule has 2 aromatic heterocycles. The Labute approximate surface area is 252 Å². The maximum atomic E-state index is 12.9. The summed E-state index contributed by atoms with van der Waals surface area (Å²) >= 11 is 0. The Hall–Kier alpha value is -4.29. The molecule has 0 radical (unpaired) electrons. The summed E-state index contributed by atoms with van der Waals surface area (Å²) in [6, 6.07) is 11.2. The van der Waals surface area contributed by atoms with E-state index in [0.717, 1.165) is 18.4 Å². The van der Waals surface area contributed by atoms with Gasteiger partial charge in [-0.15, -0.1) is 0 Å². The van der Waals surface area contributed by atoms with Crippen molar-refractivity contribution in [2.45, 2.75) is 57.7 Å². The number of fused-ring (bicyclic) bond motifs is 1. The largest absolute Gasteiger partial charge is 0.480 e. The van der Waals surface area contributed by atoms with Gasteiger partial charge in [-0.05, 0) is 47.6 Å². The third kappa shape index (κ3) is 6.25. The fourth-order valence-corrected chi connectivity index (χ4v) is 6.02. The van der Waals surface area contributed by atoms with Crippen LogP contribution >= 0.6 is 0 Å². The highest BCUT2D eigenvalue weighted by atomic mass is 16.5. The average molecular weight is 589 g/mol. The Balaban J connectivity index is 1.53. The first kappa shape index (κ1) is 30.2. The van der Waals surface area contributed by atoms with Gasteiger partial charge in [0.1, 0.15) is 11.4 Å². The Morgan fingerprint density at radius 3 is 2.49 bits per heavy atom. The van der Waals surface area contributed by atoms with Crippen LogP contribution in [0.5, 0.6) is 5.75 Å². The van der Waals surface area contributed by atoms with Crippen molar-refractivity contribution in [3.63, 3.8) is 0 Å². The number of carbonyl (C=O) groups excluding carboxylic acids is 2. The number of nitrogens with two attached hydrogens (primary N) is 1. The van der Waals surface area contributed by atoms with E-state index < -0.39 is 5.91 Å². The molecular weight excluding hydrogens is 548 g/mol. The number of hydrogen-bond acceptors (Lipinski definition) is 10. The van der Waals surface area contributed by atoms with Crippen LogP contribution in [0.2, 0.25) is 0 Å². The topological polar surface area (TPSA) is 148 Å². The van der Waals surface area contributed by atoms with Crippen LogP contribution in [0.15, 0.2) is 42.6 Å². The summed E-state index contributed by atoms with van der Waals surface area (Å²) in [6.07, 6.45) is 3.26. The van der Waals surface area contributed by atoms with Gasteiger partial charge in [-0.1, -0.05) is 30.3 Å². The van der Waals surface area contributed by atoms with Crippen LogP contribution in [0.25, 0.3) is 11.3 Å². The first-order valence-electron chi connectivity index (χ1n) is 14.4. The molecule has 3 aromatic rings. The molecule has 0 saturated carbocycles. The van der Waals surface area contributed by atoms with Gasteiger partial charge in [0.25, 0.3) is 11.8 Å². The molecule has 2 aliphatic rings. The molecule has 5 rings (SSSR count). The maximum Gasteiger partial charge on any atom is 0.266 e. The number of nitrogens with zero attached hydrogens (tertiary/aromatic N) is 5. The number of aromatic nitrogens is 3. The zero-order valence-electron chi connectivity index (χ0n) is 25.6. The fourth-order valence-electron chi connectivity index (χ4n) is 6.02. The molecule has 1 saturated heterocycles. The number of primary amides is 1. The highest BCUT2D eigenvalue weighted by molar-refractivity contribution is 6.03. The Morgan fingerprint density at radius 1 is 1.14 bits per heavy atom. The number of rotatable bonds is 9. The lowest BCUT2D eigenvalue weighted by Gasteiger charge is -2.53. The molecule has 1 fully saturated rings. The van der Waals surface area contributed by atoms with Crippen molar-refractivity contribution in [2.75, 3.05) is 49.4 Å². The van der Waals surface area contributed by atoms with Crippen LogP contribution in [0.4, 0.5) is 23.3 Å². The quantitative estimate of drug-likeness (QED) is 0.337. The summed E-state index contributed by atoms with van der Waals surface area (Å²) in [5, 5.41) is 6.79. The van der Waals surface area contributed by atoms with Crippen LogP contribution in [0.3, 0.4) is 0 Å². The molecule has 4 N–H and O–H groups in total. The molecule has 12 nitrogen and oxygen atoms in total. The van der Waals surface area contributed by atoms with Gasteiger partial charge >= 0.3 is 0 Å². The number of piperidine rings is 1. The molecule has 0 spiro atoms. The number of pyridine rings is 1. The van der Waals surface area contributed by atoms with Gasteiger partial charge in [0.05, 0.1) is 30.7 Å². The van der Waals surface area contributed by atoms with E-state index in [1.165, 1.54) is 0 Å². The predicted octanol–water partition coefficient (Wildman–Crippen LogP) is 3.82. The molecule has 43 heavy (non-hydrogen) atoms. The first-order chi connectivity index (χ1) is 20.4. The van der Waals surface area contributed by atoms with Crippen LogP contribution in [0.1, 0.15) is 50.9 Å². The van der Waals surface area contributed by atoms with Crippen molar-refractivity contribution in [1.29, 1.82) is 0 Å². The van der Waals surface area contributed by atoms with Crippen LogP contribution in [-0.4, -0.2) is 82.7 Å². The van der Waals surface area contributed by atoms with Gasteiger partial charge in [0.2, 0.25) is 5.95 Å². The number of nitrogens with one attached hydrogen (secondary N) is 2. The van der Waals surface area contributed by atoms with E-state index in [4.69, 9.17) is 25.2 Å². The van der Waals surface area contributed by atoms with Gasteiger partial charge < -0.3 is 25.8 Å². The van der Waals surface area contributed by atoms with Gasteiger partial charge in [0.15, 0.2) is 18.2 Å². The van der Waals surface area contributed by atoms with Crippen molar-refractivity contribution in [2.24, 2.45) is 5.73 Å². The van der Waals surface area contributed by atoms with E-state index in [0.29, 0.717) is 41.9 Å². The number of benzene rings is 1. The molecule has 0 bridgehead atoms. The summed E-state index contributed by atoms with van der Waals surface area (Å²) in [5.74, 6) is 0.678. The average Bonchev–Trinajstić information content (AvgIpc) is 2.95. The molecule has 1 aromatic carbocycles. The van der Waals surface area contributed by atoms with Crippen molar-refractivity contribution in [3.05, 3.63) is 48.2 Å². The number of methoxy groups -OCH3 is 1. The van der Waals surface area contributed by atoms with Crippen molar-refractivity contribution >= 4 is 35.1 Å². The van der Waals surface area contributed by atoms with E-state index in [-0.39, 0.29) is 41.1 Å². The first-order valence-corrected chi connectivity index (χ1v) is 14.4. The highest BCUT2D eigenvalue weighted by Crippen LogP contribution is 2.39. The van der Waals surface area contributed by atoms with E-state index in [1.807, 2.05) is 30.3 Å². The number of hydrogen-bond donors (Lipinski definition) is 3. The lowest BCUT2D eigenvalue weighted by atomic mass is 9.77. The maximum absolute atomic E-state index is 12.9. The lowest BCUT2D eigenvalue weighted by molar-refractivity contribution is -0.121. The van der Waals surface area contributed by atoms with Gasteiger partial charge in [0, 0.05) is 35.9 Å². The number of amides is 2. The van der Waals surface area contributed by atoms with E-state index >= 15 is 0 Å². The normalized spacial score (nSPS) is 18.1. The molecule has 2 aliphatic heterocycles. The van der Waals surface area contributed by atoms with E-state index in [9.17, 15) is 9.59 Å². The van der Waals surface area contributed by atoms with Crippen LogP contribution < -0.4 is 26.0 Å². The monoisotopic (exact) mass is 588 g/mol. The third-order valence-electron chi connectivity index (χ3n) is 8.37. The summed E-state index contributed by atoms with van der Waals surface area (Å²) in [6.45, 7) is 9.51. The van der Waals surface area contributed by atoms with Crippen LogP contribution in [-0.2, 0) is 9.53 Å². The number of ether oxygens (including phenoxy) is 2. The highest BCUT2D eigenvalue weighted by Gasteiger charge is 2.43. The van der Waals surface area contributed by atoms with Crippen molar-refractivity contribution in [3.8, 4) is 17.0 Å². The Morgan fingerprint density at radius 2 is 1.84 bits per heavy atom. The number of anilines is 4. The van der Waals surface area contributed by atoms with Crippen LogP contribution in [0, 0.1) is 0 Å². The molecule has 228 valence electrons. The fraction of sp³-hybridized carbons (Fsp3) is 0.452. The minimum absolute atomic E-state index is 0.0279. The second-order valence-electron chi connectivity index (χ2n) is 12.3. The number of likely N-dealkylation sites (tertiary alicyclic amines) is 1. The molecule has 12 heteroatoms. The minimum Gasteiger partial charge on any atom is -0.480 e.